The molecule has 5 nitrogen and oxygen atoms in total. The molecule has 0 saturated carbocycles. The van der Waals surface area contributed by atoms with Crippen LogP contribution in [0.3, 0.4) is 0 Å². The number of aryl methyl sites for hydroxylation is 1. The first-order valence-electron chi connectivity index (χ1n) is 3.37. The number of nitrogens with zero attached hydrogens (tertiary/aromatic N) is 4. The van der Waals surface area contributed by atoms with E-state index in [4.69, 9.17) is 5.73 Å². The van der Waals surface area contributed by atoms with E-state index in [2.05, 4.69) is 10.1 Å². The summed E-state index contributed by atoms with van der Waals surface area (Å²) in [6.07, 6.45) is 3.49. The first kappa shape index (κ1) is 6.36. The van der Waals surface area contributed by atoms with E-state index in [1.54, 1.807) is 17.0 Å². The van der Waals surface area contributed by atoms with Crippen LogP contribution in [0.4, 0.5) is 0 Å². The van der Waals surface area contributed by atoms with E-state index >= 15 is 0 Å². The quantitative estimate of drug-likeness (QED) is 0.599. The van der Waals surface area contributed by atoms with Crippen molar-refractivity contribution in [3.8, 4) is 0 Å². The Balaban J connectivity index is 2.77. The van der Waals surface area contributed by atoms with Crippen LogP contribution < -0.4 is 5.73 Å². The van der Waals surface area contributed by atoms with Crippen LogP contribution in [-0.2, 0) is 13.6 Å². The van der Waals surface area contributed by atoms with Gasteiger partial charge in [0.05, 0.1) is 12.7 Å². The van der Waals surface area contributed by atoms with Gasteiger partial charge in [0.1, 0.15) is 12.2 Å². The van der Waals surface area contributed by atoms with Crippen molar-refractivity contribution >= 4 is 5.65 Å². The van der Waals surface area contributed by atoms with E-state index in [0.29, 0.717) is 6.54 Å². The molecule has 11 heavy (non-hydrogen) atoms. The lowest BCUT2D eigenvalue weighted by Crippen LogP contribution is -2.02. The number of hydrogen-bond acceptors (Lipinski definition) is 3. The zero-order chi connectivity index (χ0) is 7.84. The fraction of sp³-hybridized carbons (Fsp3) is 0.333. The van der Waals surface area contributed by atoms with Crippen molar-refractivity contribution in [1.82, 2.24) is 19.2 Å². The molecule has 58 valence electrons. The van der Waals surface area contributed by atoms with E-state index < -0.39 is 0 Å². The molecule has 0 bridgehead atoms. The number of rotatable bonds is 1. The molecule has 2 heterocycles. The van der Waals surface area contributed by atoms with Crippen molar-refractivity contribution in [2.24, 2.45) is 12.8 Å². The van der Waals surface area contributed by atoms with Gasteiger partial charge in [-0.25, -0.2) is 4.98 Å². The molecule has 5 heteroatoms. The number of hydrogen-bond donors (Lipinski definition) is 1. The van der Waals surface area contributed by atoms with Gasteiger partial charge in [0.2, 0.25) is 0 Å². The zero-order valence-electron chi connectivity index (χ0n) is 6.23. The monoisotopic (exact) mass is 151 g/mol. The molecule has 0 aliphatic carbocycles. The SMILES string of the molecule is Cn1cnn2c(CN)ncc12. The molecule has 0 aliphatic heterocycles. The lowest BCUT2D eigenvalue weighted by molar-refractivity contribution is 0.826. The minimum Gasteiger partial charge on any atom is -0.324 e. The first-order chi connectivity index (χ1) is 5.33. The summed E-state index contributed by atoms with van der Waals surface area (Å²) in [6, 6.07) is 0. The van der Waals surface area contributed by atoms with Crippen molar-refractivity contribution < 1.29 is 0 Å². The molecule has 0 saturated heterocycles. The van der Waals surface area contributed by atoms with Crippen LogP contribution in [0.5, 0.6) is 0 Å². The lowest BCUT2D eigenvalue weighted by Gasteiger charge is -1.87. The number of aromatic nitrogens is 4. The Bertz CT molecular complexity index is 371. The van der Waals surface area contributed by atoms with Gasteiger partial charge in [-0.05, 0) is 0 Å². The van der Waals surface area contributed by atoms with Crippen LogP contribution in [0.1, 0.15) is 5.82 Å². The fourth-order valence-electron chi connectivity index (χ4n) is 1.07. The molecular formula is C6H9N5. The third-order valence-electron chi connectivity index (χ3n) is 1.67. The summed E-state index contributed by atoms with van der Waals surface area (Å²) >= 11 is 0. The largest absolute Gasteiger partial charge is 0.324 e. The second-order valence-electron chi connectivity index (χ2n) is 2.39. The van der Waals surface area contributed by atoms with E-state index in [1.165, 1.54) is 0 Å². The third-order valence-corrected chi connectivity index (χ3v) is 1.67. The molecule has 0 unspecified atom stereocenters. The summed E-state index contributed by atoms with van der Waals surface area (Å²) in [5.74, 6) is 0.792. The standard InChI is InChI=1S/C6H9N5/c1-10-4-9-11-5(2-7)8-3-6(10)11/h3-4H,2,7H2,1H3. The van der Waals surface area contributed by atoms with Gasteiger partial charge in [0.15, 0.2) is 5.65 Å². The molecule has 2 aromatic heterocycles. The summed E-state index contributed by atoms with van der Waals surface area (Å²) in [5.41, 5.74) is 6.40. The predicted octanol–water partition coefficient (Wildman–Crippen LogP) is -0.473. The predicted molar refractivity (Wildman–Crippen MR) is 39.8 cm³/mol. The first-order valence-corrected chi connectivity index (χ1v) is 3.37. The second kappa shape index (κ2) is 2.06. The van der Waals surface area contributed by atoms with Gasteiger partial charge in [-0.1, -0.05) is 0 Å². The van der Waals surface area contributed by atoms with Gasteiger partial charge in [-0.3, -0.25) is 0 Å². The van der Waals surface area contributed by atoms with Gasteiger partial charge >= 0.3 is 0 Å². The zero-order valence-corrected chi connectivity index (χ0v) is 6.23. The summed E-state index contributed by atoms with van der Waals surface area (Å²) in [5, 5.41) is 4.09. The van der Waals surface area contributed by atoms with Crippen molar-refractivity contribution in [3.05, 3.63) is 18.3 Å². The third kappa shape index (κ3) is 0.743. The topological polar surface area (TPSA) is 61.1 Å². The molecule has 0 amide bonds. The molecule has 0 aliphatic rings. The fourth-order valence-corrected chi connectivity index (χ4v) is 1.07. The van der Waals surface area contributed by atoms with E-state index in [9.17, 15) is 0 Å². The normalized spacial score (nSPS) is 11.1. The average Bonchev–Trinajstić information content (AvgIpc) is 2.53. The minimum atomic E-state index is 0.422. The molecule has 0 spiro atoms. The number of nitrogens with two attached hydrogens (primary N) is 1. The Morgan fingerprint density at radius 2 is 2.45 bits per heavy atom. The van der Waals surface area contributed by atoms with Crippen molar-refractivity contribution in [2.45, 2.75) is 6.54 Å². The molecule has 0 aromatic carbocycles. The van der Waals surface area contributed by atoms with E-state index in [1.807, 2.05) is 11.6 Å². The van der Waals surface area contributed by atoms with Crippen LogP contribution >= 0.6 is 0 Å². The summed E-state index contributed by atoms with van der Waals surface area (Å²) in [6.45, 7) is 0.422. The maximum atomic E-state index is 5.44. The molecule has 0 radical (unpaired) electrons. The van der Waals surface area contributed by atoms with Gasteiger partial charge < -0.3 is 10.3 Å². The van der Waals surface area contributed by atoms with Crippen LogP contribution in [-0.4, -0.2) is 19.2 Å². The lowest BCUT2D eigenvalue weighted by atomic mass is 10.6. The molecule has 2 rings (SSSR count). The van der Waals surface area contributed by atoms with Crippen LogP contribution in [0.15, 0.2) is 12.5 Å². The Morgan fingerprint density at radius 3 is 3.18 bits per heavy atom. The maximum Gasteiger partial charge on any atom is 0.155 e. The smallest absolute Gasteiger partial charge is 0.155 e. The molecule has 0 fully saturated rings. The Kier molecular flexibility index (Phi) is 1.19. The Hall–Kier alpha value is -1.36. The van der Waals surface area contributed by atoms with Crippen LogP contribution in [0.25, 0.3) is 5.65 Å². The van der Waals surface area contributed by atoms with E-state index in [0.717, 1.165) is 11.5 Å². The Morgan fingerprint density at radius 1 is 1.64 bits per heavy atom. The van der Waals surface area contributed by atoms with Crippen molar-refractivity contribution in [3.63, 3.8) is 0 Å². The van der Waals surface area contributed by atoms with Gasteiger partial charge in [0, 0.05) is 7.05 Å². The molecule has 2 aromatic rings. The van der Waals surface area contributed by atoms with Gasteiger partial charge in [-0.15, -0.1) is 0 Å². The highest BCUT2D eigenvalue weighted by atomic mass is 15.4. The van der Waals surface area contributed by atoms with Crippen molar-refractivity contribution in [2.75, 3.05) is 0 Å². The van der Waals surface area contributed by atoms with Crippen LogP contribution in [0, 0.1) is 0 Å². The number of imidazole rings is 1. The Labute approximate surface area is 63.4 Å². The summed E-state index contributed by atoms with van der Waals surface area (Å²) in [4.78, 5) is 4.09. The van der Waals surface area contributed by atoms with Gasteiger partial charge in [-0.2, -0.15) is 9.61 Å². The van der Waals surface area contributed by atoms with Crippen molar-refractivity contribution in [1.29, 1.82) is 0 Å². The minimum absolute atomic E-state index is 0.422. The maximum absolute atomic E-state index is 5.44. The highest BCUT2D eigenvalue weighted by Crippen LogP contribution is 2.02. The highest BCUT2D eigenvalue weighted by Gasteiger charge is 2.03. The molecule has 0 atom stereocenters. The molecular weight excluding hydrogens is 142 g/mol. The highest BCUT2D eigenvalue weighted by molar-refractivity contribution is 5.36. The number of fused-ring (bicyclic) bond motifs is 1. The molecule has 2 N–H and O–H groups in total. The summed E-state index contributed by atoms with van der Waals surface area (Å²) < 4.78 is 3.63. The van der Waals surface area contributed by atoms with E-state index in [-0.39, 0.29) is 0 Å². The van der Waals surface area contributed by atoms with Crippen LogP contribution in [0.2, 0.25) is 0 Å². The second-order valence-corrected chi connectivity index (χ2v) is 2.39. The average molecular weight is 151 g/mol. The summed E-state index contributed by atoms with van der Waals surface area (Å²) in [7, 11) is 1.92. The van der Waals surface area contributed by atoms with Gasteiger partial charge in [0.25, 0.3) is 0 Å².